The van der Waals surface area contributed by atoms with Crippen molar-refractivity contribution < 1.29 is 13.5 Å². The van der Waals surface area contributed by atoms with Gasteiger partial charge in [0.25, 0.3) is 0 Å². The third kappa shape index (κ3) is 4.29. The topological polar surface area (TPSA) is 35.2 Å². The molecular weight excluding hydrogens is 268 g/mol. The average molecular weight is 283 g/mol. The molecule has 2 aromatic rings. The highest BCUT2D eigenvalue weighted by Gasteiger charge is 2.09. The van der Waals surface area contributed by atoms with Gasteiger partial charge in [0.2, 0.25) is 0 Å². The molecule has 0 amide bonds. The molecule has 0 saturated carbocycles. The summed E-state index contributed by atoms with van der Waals surface area (Å²) in [7, 11) is 0. The minimum absolute atomic E-state index is 0.151. The summed E-state index contributed by atoms with van der Waals surface area (Å²) in [5, 5.41) is 4.11. The molecule has 0 aliphatic rings. The van der Waals surface area contributed by atoms with Crippen molar-refractivity contribution in [2.24, 2.45) is 5.73 Å². The maximum absolute atomic E-state index is 12.1. The van der Waals surface area contributed by atoms with E-state index in [9.17, 15) is 8.78 Å². The number of hydrogen-bond donors (Lipinski definition) is 1. The summed E-state index contributed by atoms with van der Waals surface area (Å²) in [5.41, 5.74) is 8.14. The molecule has 1 aromatic carbocycles. The Bertz CT molecular complexity index is 502. The van der Waals surface area contributed by atoms with Gasteiger partial charge in [-0.05, 0) is 52.9 Å². The molecule has 2 nitrogen and oxygen atoms in total. The standard InChI is InChI=1S/C14H15F2NOS/c15-14(16)18-12-3-1-2-11(8-12)13(17)5-4-10-6-7-19-9-10/h1-3,6-9,13-14H,4-5,17H2. The molecule has 0 spiro atoms. The molecule has 0 radical (unpaired) electrons. The summed E-state index contributed by atoms with van der Waals surface area (Å²) >= 11 is 1.65. The normalized spacial score (nSPS) is 12.6. The molecule has 1 aromatic heterocycles. The van der Waals surface area contributed by atoms with Crippen LogP contribution in [0.4, 0.5) is 8.78 Å². The number of halogens is 2. The Morgan fingerprint density at radius 1 is 1.26 bits per heavy atom. The number of benzene rings is 1. The van der Waals surface area contributed by atoms with Gasteiger partial charge in [0.1, 0.15) is 5.75 Å². The SMILES string of the molecule is NC(CCc1ccsc1)c1cccc(OC(F)F)c1. The van der Waals surface area contributed by atoms with E-state index < -0.39 is 6.61 Å². The molecule has 0 saturated heterocycles. The molecule has 19 heavy (non-hydrogen) atoms. The van der Waals surface area contributed by atoms with Gasteiger partial charge in [-0.3, -0.25) is 0 Å². The molecule has 5 heteroatoms. The monoisotopic (exact) mass is 283 g/mol. The zero-order valence-corrected chi connectivity index (χ0v) is 11.1. The Kier molecular flexibility index (Phi) is 4.87. The lowest BCUT2D eigenvalue weighted by Gasteiger charge is -2.13. The van der Waals surface area contributed by atoms with E-state index in [1.54, 1.807) is 23.5 Å². The van der Waals surface area contributed by atoms with Crippen LogP contribution in [0.15, 0.2) is 41.1 Å². The van der Waals surface area contributed by atoms with Gasteiger partial charge in [0.05, 0.1) is 0 Å². The van der Waals surface area contributed by atoms with Crippen LogP contribution in [0.1, 0.15) is 23.6 Å². The van der Waals surface area contributed by atoms with Crippen LogP contribution in [0.2, 0.25) is 0 Å². The number of aryl methyl sites for hydroxylation is 1. The van der Waals surface area contributed by atoms with Crippen molar-refractivity contribution in [1.29, 1.82) is 0 Å². The Hall–Kier alpha value is -1.46. The number of thiophene rings is 1. The summed E-state index contributed by atoms with van der Waals surface area (Å²) in [4.78, 5) is 0. The Morgan fingerprint density at radius 3 is 2.79 bits per heavy atom. The van der Waals surface area contributed by atoms with E-state index in [4.69, 9.17) is 5.73 Å². The minimum Gasteiger partial charge on any atom is -0.435 e. The summed E-state index contributed by atoms with van der Waals surface area (Å²) in [6.45, 7) is -2.81. The van der Waals surface area contributed by atoms with Crippen LogP contribution in [-0.4, -0.2) is 6.61 Å². The predicted molar refractivity (Wildman–Crippen MR) is 72.6 cm³/mol. The molecule has 2 N–H and O–H groups in total. The minimum atomic E-state index is -2.81. The largest absolute Gasteiger partial charge is 0.435 e. The Labute approximate surface area is 114 Å². The summed E-state index contributed by atoms with van der Waals surface area (Å²) < 4.78 is 28.6. The first kappa shape index (κ1) is 14.0. The van der Waals surface area contributed by atoms with E-state index in [1.165, 1.54) is 11.6 Å². The van der Waals surface area contributed by atoms with Crippen molar-refractivity contribution in [3.8, 4) is 5.75 Å². The van der Waals surface area contributed by atoms with E-state index in [1.807, 2.05) is 11.4 Å². The van der Waals surface area contributed by atoms with E-state index >= 15 is 0 Å². The molecule has 0 aliphatic carbocycles. The van der Waals surface area contributed by atoms with Gasteiger partial charge in [-0.1, -0.05) is 12.1 Å². The van der Waals surface area contributed by atoms with Crippen LogP contribution in [0, 0.1) is 0 Å². The van der Waals surface area contributed by atoms with Crippen molar-refractivity contribution in [3.05, 3.63) is 52.2 Å². The highest BCUT2D eigenvalue weighted by atomic mass is 32.1. The highest BCUT2D eigenvalue weighted by molar-refractivity contribution is 7.07. The van der Waals surface area contributed by atoms with Gasteiger partial charge in [-0.15, -0.1) is 0 Å². The molecule has 1 atom stereocenters. The second-order valence-electron chi connectivity index (χ2n) is 4.23. The third-order valence-corrected chi connectivity index (χ3v) is 3.57. The first-order valence-electron chi connectivity index (χ1n) is 5.96. The molecule has 0 aliphatic heterocycles. The molecule has 2 rings (SSSR count). The quantitative estimate of drug-likeness (QED) is 0.870. The lowest BCUT2D eigenvalue weighted by Crippen LogP contribution is -2.11. The van der Waals surface area contributed by atoms with Crippen molar-refractivity contribution in [2.45, 2.75) is 25.5 Å². The average Bonchev–Trinajstić information content (AvgIpc) is 2.88. The number of ether oxygens (including phenoxy) is 1. The molecular formula is C14H15F2NOS. The second-order valence-corrected chi connectivity index (χ2v) is 5.01. The van der Waals surface area contributed by atoms with E-state index in [0.29, 0.717) is 0 Å². The second kappa shape index (κ2) is 6.63. The van der Waals surface area contributed by atoms with E-state index in [2.05, 4.69) is 16.2 Å². The summed E-state index contributed by atoms with van der Waals surface area (Å²) in [6, 6.07) is 8.47. The lowest BCUT2D eigenvalue weighted by atomic mass is 10.0. The molecule has 0 fully saturated rings. The third-order valence-electron chi connectivity index (χ3n) is 2.84. The van der Waals surface area contributed by atoms with Gasteiger partial charge in [0.15, 0.2) is 0 Å². The predicted octanol–water partition coefficient (Wildman–Crippen LogP) is 3.98. The van der Waals surface area contributed by atoms with Crippen molar-refractivity contribution in [3.63, 3.8) is 0 Å². The van der Waals surface area contributed by atoms with E-state index in [-0.39, 0.29) is 11.8 Å². The van der Waals surface area contributed by atoms with Crippen molar-refractivity contribution >= 4 is 11.3 Å². The number of nitrogens with two attached hydrogens (primary N) is 1. The first-order chi connectivity index (χ1) is 9.15. The van der Waals surface area contributed by atoms with Crippen LogP contribution < -0.4 is 10.5 Å². The van der Waals surface area contributed by atoms with Crippen molar-refractivity contribution in [1.82, 2.24) is 0 Å². The summed E-state index contributed by atoms with van der Waals surface area (Å²) in [6.07, 6.45) is 1.65. The van der Waals surface area contributed by atoms with Crippen LogP contribution >= 0.6 is 11.3 Å². The molecule has 0 bridgehead atoms. The molecule has 1 heterocycles. The highest BCUT2D eigenvalue weighted by Crippen LogP contribution is 2.23. The zero-order valence-electron chi connectivity index (χ0n) is 10.3. The zero-order chi connectivity index (χ0) is 13.7. The van der Waals surface area contributed by atoms with Gasteiger partial charge < -0.3 is 10.5 Å². The van der Waals surface area contributed by atoms with Gasteiger partial charge in [-0.25, -0.2) is 0 Å². The Morgan fingerprint density at radius 2 is 2.11 bits per heavy atom. The smallest absolute Gasteiger partial charge is 0.387 e. The Balaban J connectivity index is 1.96. The van der Waals surface area contributed by atoms with Crippen molar-refractivity contribution in [2.75, 3.05) is 0 Å². The van der Waals surface area contributed by atoms with Crippen LogP contribution in [0.5, 0.6) is 5.75 Å². The van der Waals surface area contributed by atoms with Gasteiger partial charge in [0, 0.05) is 6.04 Å². The fraction of sp³-hybridized carbons (Fsp3) is 0.286. The number of alkyl halides is 2. The summed E-state index contributed by atoms with van der Waals surface area (Å²) in [5.74, 6) is 0.151. The molecule has 1 unspecified atom stereocenters. The van der Waals surface area contributed by atoms with Crippen LogP contribution in [-0.2, 0) is 6.42 Å². The van der Waals surface area contributed by atoms with Gasteiger partial charge in [-0.2, -0.15) is 20.1 Å². The first-order valence-corrected chi connectivity index (χ1v) is 6.91. The fourth-order valence-electron chi connectivity index (χ4n) is 1.85. The maximum Gasteiger partial charge on any atom is 0.387 e. The maximum atomic E-state index is 12.1. The van der Waals surface area contributed by atoms with Gasteiger partial charge >= 0.3 is 6.61 Å². The van der Waals surface area contributed by atoms with Crippen LogP contribution in [0.3, 0.4) is 0 Å². The van der Waals surface area contributed by atoms with E-state index in [0.717, 1.165) is 18.4 Å². The molecule has 102 valence electrons. The number of rotatable bonds is 6. The number of hydrogen-bond acceptors (Lipinski definition) is 3. The fourth-order valence-corrected chi connectivity index (χ4v) is 2.55. The van der Waals surface area contributed by atoms with Crippen LogP contribution in [0.25, 0.3) is 0 Å². The lowest BCUT2D eigenvalue weighted by molar-refractivity contribution is -0.0499.